The first-order valence-electron chi connectivity index (χ1n) is 5.73. The fourth-order valence-corrected chi connectivity index (χ4v) is 2.02. The van der Waals surface area contributed by atoms with Crippen molar-refractivity contribution in [1.82, 2.24) is 0 Å². The number of benzene rings is 1. The van der Waals surface area contributed by atoms with E-state index in [1.807, 2.05) is 0 Å². The van der Waals surface area contributed by atoms with Gasteiger partial charge in [0.15, 0.2) is 0 Å². The summed E-state index contributed by atoms with van der Waals surface area (Å²) in [6.07, 6.45) is 0. The molecular weight excluding hydrogens is 264 g/mol. The summed E-state index contributed by atoms with van der Waals surface area (Å²) in [5.41, 5.74) is 0.428. The molecule has 0 aliphatic heterocycles. The Bertz CT molecular complexity index is 558. The van der Waals surface area contributed by atoms with Crippen LogP contribution in [0.25, 0.3) is 0 Å². The first kappa shape index (κ1) is 13.3. The Kier molecular flexibility index (Phi) is 4.30. The molecule has 4 nitrogen and oxygen atoms in total. The maximum absolute atomic E-state index is 11.7. The number of ether oxygens (including phenoxy) is 2. The van der Waals surface area contributed by atoms with Crippen LogP contribution in [0.3, 0.4) is 0 Å². The van der Waals surface area contributed by atoms with Crippen LogP contribution < -0.4 is 4.74 Å². The van der Waals surface area contributed by atoms with Crippen LogP contribution in [0.1, 0.15) is 27.0 Å². The van der Waals surface area contributed by atoms with Gasteiger partial charge in [-0.25, -0.2) is 9.59 Å². The Hall–Kier alpha value is -2.14. The molecule has 0 aliphatic rings. The SMILES string of the molecule is CCOC(=O)c1ccc(OC(=O)c2cccs2)cc1. The average molecular weight is 276 g/mol. The molecule has 5 heteroatoms. The molecule has 0 saturated carbocycles. The summed E-state index contributed by atoms with van der Waals surface area (Å²) in [4.78, 5) is 23.7. The van der Waals surface area contributed by atoms with Gasteiger partial charge in [-0.1, -0.05) is 6.07 Å². The summed E-state index contributed by atoms with van der Waals surface area (Å²) < 4.78 is 10.0. The fourth-order valence-electron chi connectivity index (χ4n) is 1.43. The molecule has 2 aromatic rings. The summed E-state index contributed by atoms with van der Waals surface area (Å²) in [5, 5.41) is 1.81. The van der Waals surface area contributed by atoms with Gasteiger partial charge in [-0.2, -0.15) is 0 Å². The van der Waals surface area contributed by atoms with E-state index >= 15 is 0 Å². The number of thiophene rings is 1. The molecule has 0 N–H and O–H groups in total. The van der Waals surface area contributed by atoms with Gasteiger partial charge >= 0.3 is 11.9 Å². The van der Waals surface area contributed by atoms with Crippen molar-refractivity contribution in [2.24, 2.45) is 0 Å². The third-order valence-corrected chi connectivity index (χ3v) is 3.15. The van der Waals surface area contributed by atoms with Crippen LogP contribution in [0, 0.1) is 0 Å². The molecule has 0 aliphatic carbocycles. The molecule has 0 saturated heterocycles. The summed E-state index contributed by atoms with van der Waals surface area (Å²) in [6, 6.07) is 9.74. The largest absolute Gasteiger partial charge is 0.462 e. The van der Waals surface area contributed by atoms with Gasteiger partial charge in [0.05, 0.1) is 12.2 Å². The van der Waals surface area contributed by atoms with Gasteiger partial charge < -0.3 is 9.47 Å². The smallest absolute Gasteiger partial charge is 0.353 e. The number of carbonyl (C=O) groups excluding carboxylic acids is 2. The summed E-state index contributed by atoms with van der Waals surface area (Å²) in [6.45, 7) is 2.07. The molecule has 1 heterocycles. The molecule has 98 valence electrons. The number of carbonyl (C=O) groups is 2. The Morgan fingerprint density at radius 3 is 2.42 bits per heavy atom. The van der Waals surface area contributed by atoms with E-state index in [1.54, 1.807) is 48.7 Å². The van der Waals surface area contributed by atoms with Crippen LogP contribution in [0.5, 0.6) is 5.75 Å². The lowest BCUT2D eigenvalue weighted by atomic mass is 10.2. The average Bonchev–Trinajstić information content (AvgIpc) is 2.94. The molecular formula is C14H12O4S. The van der Waals surface area contributed by atoms with E-state index in [-0.39, 0.29) is 0 Å². The Morgan fingerprint density at radius 2 is 1.84 bits per heavy atom. The van der Waals surface area contributed by atoms with E-state index in [2.05, 4.69) is 0 Å². The maximum Gasteiger partial charge on any atom is 0.353 e. The van der Waals surface area contributed by atoms with Crippen molar-refractivity contribution in [3.63, 3.8) is 0 Å². The Labute approximate surface area is 114 Å². The molecule has 0 amide bonds. The van der Waals surface area contributed by atoms with Crippen LogP contribution in [-0.4, -0.2) is 18.5 Å². The molecule has 0 bridgehead atoms. The molecule has 1 aromatic heterocycles. The second-order valence-corrected chi connectivity index (χ2v) is 4.56. The number of hydrogen-bond donors (Lipinski definition) is 0. The first-order chi connectivity index (χ1) is 9.20. The van der Waals surface area contributed by atoms with Crippen molar-refractivity contribution in [1.29, 1.82) is 0 Å². The van der Waals surface area contributed by atoms with Crippen molar-refractivity contribution in [2.45, 2.75) is 6.92 Å². The third-order valence-electron chi connectivity index (χ3n) is 2.30. The fraction of sp³-hybridized carbons (Fsp3) is 0.143. The van der Waals surface area contributed by atoms with Gasteiger partial charge in [-0.3, -0.25) is 0 Å². The molecule has 2 rings (SSSR count). The monoisotopic (exact) mass is 276 g/mol. The van der Waals surface area contributed by atoms with Crippen LogP contribution in [0.15, 0.2) is 41.8 Å². The lowest BCUT2D eigenvalue weighted by Gasteiger charge is -2.04. The summed E-state index contributed by atoms with van der Waals surface area (Å²) in [7, 11) is 0. The zero-order valence-electron chi connectivity index (χ0n) is 10.3. The summed E-state index contributed by atoms with van der Waals surface area (Å²) in [5.74, 6) is -0.399. The second kappa shape index (κ2) is 6.15. The van der Waals surface area contributed by atoms with Gasteiger partial charge in [0.2, 0.25) is 0 Å². The highest BCUT2D eigenvalue weighted by atomic mass is 32.1. The molecule has 0 fully saturated rings. The minimum atomic E-state index is -0.404. The third kappa shape index (κ3) is 3.42. The quantitative estimate of drug-likeness (QED) is 0.636. The van der Waals surface area contributed by atoms with Gasteiger partial charge in [0.25, 0.3) is 0 Å². The van der Waals surface area contributed by atoms with E-state index in [9.17, 15) is 9.59 Å². The zero-order chi connectivity index (χ0) is 13.7. The molecule has 0 radical (unpaired) electrons. The number of hydrogen-bond acceptors (Lipinski definition) is 5. The molecule has 19 heavy (non-hydrogen) atoms. The number of rotatable bonds is 4. The highest BCUT2D eigenvalue weighted by Gasteiger charge is 2.10. The predicted molar refractivity (Wildman–Crippen MR) is 71.7 cm³/mol. The van der Waals surface area contributed by atoms with Crippen LogP contribution in [-0.2, 0) is 4.74 Å². The zero-order valence-corrected chi connectivity index (χ0v) is 11.1. The van der Waals surface area contributed by atoms with E-state index in [1.165, 1.54) is 11.3 Å². The Balaban J connectivity index is 2.03. The van der Waals surface area contributed by atoms with Crippen LogP contribution in [0.4, 0.5) is 0 Å². The highest BCUT2D eigenvalue weighted by Crippen LogP contribution is 2.16. The van der Waals surface area contributed by atoms with E-state index < -0.39 is 11.9 Å². The lowest BCUT2D eigenvalue weighted by Crippen LogP contribution is -2.07. The van der Waals surface area contributed by atoms with Crippen molar-refractivity contribution >= 4 is 23.3 Å². The topological polar surface area (TPSA) is 52.6 Å². The lowest BCUT2D eigenvalue weighted by molar-refractivity contribution is 0.0526. The van der Waals surface area contributed by atoms with Gasteiger partial charge in [0.1, 0.15) is 10.6 Å². The normalized spacial score (nSPS) is 9.95. The predicted octanol–water partition coefficient (Wildman–Crippen LogP) is 3.14. The maximum atomic E-state index is 11.7. The first-order valence-corrected chi connectivity index (χ1v) is 6.61. The molecule has 0 spiro atoms. The van der Waals surface area contributed by atoms with Crippen molar-refractivity contribution in [3.05, 3.63) is 52.2 Å². The van der Waals surface area contributed by atoms with E-state index in [0.29, 0.717) is 22.8 Å². The Morgan fingerprint density at radius 1 is 1.11 bits per heavy atom. The summed E-state index contributed by atoms with van der Waals surface area (Å²) >= 11 is 1.32. The van der Waals surface area contributed by atoms with E-state index in [4.69, 9.17) is 9.47 Å². The second-order valence-electron chi connectivity index (χ2n) is 3.61. The molecule has 1 aromatic carbocycles. The van der Waals surface area contributed by atoms with Gasteiger partial charge in [-0.15, -0.1) is 11.3 Å². The minimum Gasteiger partial charge on any atom is -0.462 e. The minimum absolute atomic E-state index is 0.327. The van der Waals surface area contributed by atoms with Crippen LogP contribution >= 0.6 is 11.3 Å². The van der Waals surface area contributed by atoms with Crippen molar-refractivity contribution in [2.75, 3.05) is 6.61 Å². The van der Waals surface area contributed by atoms with Crippen molar-refractivity contribution in [3.8, 4) is 5.75 Å². The van der Waals surface area contributed by atoms with Gasteiger partial charge in [-0.05, 0) is 42.6 Å². The van der Waals surface area contributed by atoms with E-state index in [0.717, 1.165) is 0 Å². The molecule has 0 unspecified atom stereocenters. The highest BCUT2D eigenvalue weighted by molar-refractivity contribution is 7.12. The van der Waals surface area contributed by atoms with Crippen molar-refractivity contribution < 1.29 is 19.1 Å². The van der Waals surface area contributed by atoms with Gasteiger partial charge in [0, 0.05) is 0 Å². The molecule has 0 atom stereocenters. The van der Waals surface area contributed by atoms with Crippen LogP contribution in [0.2, 0.25) is 0 Å². The number of esters is 2. The standard InChI is InChI=1S/C14H12O4S/c1-2-17-13(15)10-5-7-11(8-6-10)18-14(16)12-4-3-9-19-12/h3-9H,2H2,1H3.